The Labute approximate surface area is 156 Å². The first-order chi connectivity index (χ1) is 11.9. The van der Waals surface area contributed by atoms with Gasteiger partial charge in [0.25, 0.3) is 5.91 Å². The minimum atomic E-state index is -0.624. The van der Waals surface area contributed by atoms with Crippen LogP contribution in [0.25, 0.3) is 0 Å². The number of aryl methyl sites for hydroxylation is 1. The Kier molecular flexibility index (Phi) is 5.49. The lowest BCUT2D eigenvalue weighted by Gasteiger charge is -2.32. The molecule has 0 N–H and O–H groups in total. The Balaban J connectivity index is 1.56. The zero-order valence-corrected chi connectivity index (χ0v) is 15.5. The van der Waals surface area contributed by atoms with Gasteiger partial charge in [-0.2, -0.15) is 4.98 Å². The van der Waals surface area contributed by atoms with Gasteiger partial charge in [-0.25, -0.2) is 0 Å². The summed E-state index contributed by atoms with van der Waals surface area (Å²) < 4.78 is 10.9. The molecule has 0 aliphatic carbocycles. The number of amides is 1. The van der Waals surface area contributed by atoms with Crippen molar-refractivity contribution in [3.05, 3.63) is 40.0 Å². The Bertz CT molecular complexity index is 757. The highest BCUT2D eigenvalue weighted by Gasteiger charge is 2.30. The van der Waals surface area contributed by atoms with Gasteiger partial charge in [-0.1, -0.05) is 28.4 Å². The number of hydrogen-bond acceptors (Lipinski definition) is 5. The molecular formula is C17H19Cl2N3O3. The van der Waals surface area contributed by atoms with E-state index in [1.165, 1.54) is 0 Å². The molecule has 1 fully saturated rings. The highest BCUT2D eigenvalue weighted by Crippen LogP contribution is 2.30. The van der Waals surface area contributed by atoms with Gasteiger partial charge in [-0.3, -0.25) is 4.79 Å². The van der Waals surface area contributed by atoms with Gasteiger partial charge in [0.05, 0.1) is 5.02 Å². The van der Waals surface area contributed by atoms with E-state index in [9.17, 15) is 4.79 Å². The lowest BCUT2D eigenvalue weighted by Crippen LogP contribution is -2.44. The summed E-state index contributed by atoms with van der Waals surface area (Å²) >= 11 is 12.0. The predicted molar refractivity (Wildman–Crippen MR) is 94.1 cm³/mol. The van der Waals surface area contributed by atoms with E-state index in [2.05, 4.69) is 10.1 Å². The molecule has 1 atom stereocenters. The fourth-order valence-electron chi connectivity index (χ4n) is 2.89. The van der Waals surface area contributed by atoms with Crippen molar-refractivity contribution in [3.63, 3.8) is 0 Å². The maximum Gasteiger partial charge on any atom is 0.263 e. The molecule has 8 heteroatoms. The Morgan fingerprint density at radius 3 is 2.68 bits per heavy atom. The molecular weight excluding hydrogens is 365 g/mol. The number of carbonyl (C=O) groups excluding carboxylic acids is 1. The Morgan fingerprint density at radius 2 is 2.08 bits per heavy atom. The minimum Gasteiger partial charge on any atom is -0.479 e. The summed E-state index contributed by atoms with van der Waals surface area (Å²) in [5.74, 6) is 1.87. The highest BCUT2D eigenvalue weighted by atomic mass is 35.5. The number of rotatable bonds is 4. The average molecular weight is 384 g/mol. The molecule has 1 amide bonds. The van der Waals surface area contributed by atoms with Crippen LogP contribution < -0.4 is 4.74 Å². The van der Waals surface area contributed by atoms with Gasteiger partial charge in [0.1, 0.15) is 5.75 Å². The van der Waals surface area contributed by atoms with Crippen LogP contribution in [0.5, 0.6) is 5.75 Å². The molecule has 6 nitrogen and oxygen atoms in total. The first-order valence-corrected chi connectivity index (χ1v) is 8.90. The van der Waals surface area contributed by atoms with Gasteiger partial charge < -0.3 is 14.2 Å². The van der Waals surface area contributed by atoms with Crippen molar-refractivity contribution < 1.29 is 14.1 Å². The second-order valence-corrected chi connectivity index (χ2v) is 6.96. The van der Waals surface area contributed by atoms with Crippen LogP contribution in [0.1, 0.15) is 37.4 Å². The molecule has 2 aromatic rings. The summed E-state index contributed by atoms with van der Waals surface area (Å²) in [6.07, 6.45) is 0.963. The molecule has 0 bridgehead atoms. The van der Waals surface area contributed by atoms with E-state index < -0.39 is 6.10 Å². The smallest absolute Gasteiger partial charge is 0.263 e. The largest absolute Gasteiger partial charge is 0.479 e. The first-order valence-electron chi connectivity index (χ1n) is 8.14. The second-order valence-electron chi connectivity index (χ2n) is 6.11. The maximum atomic E-state index is 12.6. The summed E-state index contributed by atoms with van der Waals surface area (Å²) in [5, 5.41) is 4.74. The molecule has 0 spiro atoms. The predicted octanol–water partition coefficient (Wildman–Crippen LogP) is 3.86. The van der Waals surface area contributed by atoms with Gasteiger partial charge in [0.2, 0.25) is 5.89 Å². The number of aromatic nitrogens is 2. The molecule has 3 rings (SSSR count). The summed E-state index contributed by atoms with van der Waals surface area (Å²) in [4.78, 5) is 18.7. The number of piperidine rings is 1. The third kappa shape index (κ3) is 4.25. The zero-order valence-electron chi connectivity index (χ0n) is 14.0. The molecule has 0 saturated carbocycles. The van der Waals surface area contributed by atoms with Crippen LogP contribution in [0.4, 0.5) is 0 Å². The zero-order chi connectivity index (χ0) is 18.0. The summed E-state index contributed by atoms with van der Waals surface area (Å²) in [7, 11) is 0. The average Bonchev–Trinajstić information content (AvgIpc) is 3.03. The summed E-state index contributed by atoms with van der Waals surface area (Å²) in [5.41, 5.74) is 0. The molecule has 134 valence electrons. The van der Waals surface area contributed by atoms with Gasteiger partial charge in [-0.05, 0) is 44.9 Å². The van der Waals surface area contributed by atoms with Gasteiger partial charge in [-0.15, -0.1) is 0 Å². The SMILES string of the molecule is Cc1noc(C2CCN(C(=O)C(C)Oc3ccc(Cl)cc3Cl)CC2)n1. The minimum absolute atomic E-state index is 0.0637. The molecule has 1 aliphatic heterocycles. The van der Waals surface area contributed by atoms with E-state index in [1.54, 1.807) is 36.9 Å². The molecule has 1 unspecified atom stereocenters. The summed E-state index contributed by atoms with van der Waals surface area (Å²) in [6, 6.07) is 4.93. The number of halogens is 2. The van der Waals surface area contributed by atoms with Crippen LogP contribution in [0.2, 0.25) is 10.0 Å². The highest BCUT2D eigenvalue weighted by molar-refractivity contribution is 6.35. The fraction of sp³-hybridized carbons (Fsp3) is 0.471. The molecule has 25 heavy (non-hydrogen) atoms. The van der Waals surface area contributed by atoms with Crippen molar-refractivity contribution in [2.75, 3.05) is 13.1 Å². The lowest BCUT2D eigenvalue weighted by molar-refractivity contribution is -0.139. The van der Waals surface area contributed by atoms with Crippen LogP contribution in [0.15, 0.2) is 22.7 Å². The number of nitrogens with zero attached hydrogens (tertiary/aromatic N) is 3. The number of benzene rings is 1. The number of hydrogen-bond donors (Lipinski definition) is 0. The first kappa shape index (κ1) is 18.0. The summed E-state index contributed by atoms with van der Waals surface area (Å²) in [6.45, 7) is 4.78. The van der Waals surface area contributed by atoms with Gasteiger partial charge >= 0.3 is 0 Å². The Morgan fingerprint density at radius 1 is 1.36 bits per heavy atom. The maximum absolute atomic E-state index is 12.6. The third-order valence-electron chi connectivity index (χ3n) is 4.24. The third-order valence-corrected chi connectivity index (χ3v) is 4.78. The standard InChI is InChI=1S/C17H19Cl2N3O3/c1-10(24-15-4-3-13(18)9-14(15)19)17(23)22-7-5-12(6-8-22)16-20-11(2)21-25-16/h3-4,9-10,12H,5-8H2,1-2H3. The molecule has 1 aromatic carbocycles. The lowest BCUT2D eigenvalue weighted by atomic mass is 9.96. The fourth-order valence-corrected chi connectivity index (χ4v) is 3.35. The molecule has 2 heterocycles. The van der Waals surface area contributed by atoms with E-state index in [0.29, 0.717) is 40.6 Å². The monoisotopic (exact) mass is 383 g/mol. The van der Waals surface area contributed by atoms with Crippen molar-refractivity contribution in [2.24, 2.45) is 0 Å². The van der Waals surface area contributed by atoms with E-state index in [4.69, 9.17) is 32.5 Å². The van der Waals surface area contributed by atoms with Gasteiger partial charge in [0, 0.05) is 24.0 Å². The van der Waals surface area contributed by atoms with E-state index >= 15 is 0 Å². The molecule has 0 radical (unpaired) electrons. The van der Waals surface area contributed by atoms with Crippen LogP contribution in [0, 0.1) is 6.92 Å². The number of carbonyl (C=O) groups is 1. The van der Waals surface area contributed by atoms with Crippen molar-refractivity contribution in [1.82, 2.24) is 15.0 Å². The van der Waals surface area contributed by atoms with E-state index in [0.717, 1.165) is 12.8 Å². The van der Waals surface area contributed by atoms with Crippen LogP contribution in [-0.4, -0.2) is 40.1 Å². The number of ether oxygens (including phenoxy) is 1. The van der Waals surface area contributed by atoms with Crippen molar-refractivity contribution in [2.45, 2.75) is 38.7 Å². The number of likely N-dealkylation sites (tertiary alicyclic amines) is 1. The topological polar surface area (TPSA) is 68.5 Å². The van der Waals surface area contributed by atoms with Gasteiger partial charge in [0.15, 0.2) is 11.9 Å². The van der Waals surface area contributed by atoms with Crippen LogP contribution in [-0.2, 0) is 4.79 Å². The van der Waals surface area contributed by atoms with Crippen molar-refractivity contribution >= 4 is 29.1 Å². The Hall–Kier alpha value is -1.79. The quantitative estimate of drug-likeness (QED) is 0.801. The molecule has 1 aliphatic rings. The van der Waals surface area contributed by atoms with E-state index in [-0.39, 0.29) is 11.8 Å². The van der Waals surface area contributed by atoms with E-state index in [1.807, 2.05) is 0 Å². The molecule has 1 aromatic heterocycles. The second kappa shape index (κ2) is 7.62. The normalized spacial score (nSPS) is 16.7. The van der Waals surface area contributed by atoms with Crippen LogP contribution >= 0.6 is 23.2 Å². The van der Waals surface area contributed by atoms with Crippen molar-refractivity contribution in [1.29, 1.82) is 0 Å². The van der Waals surface area contributed by atoms with Crippen LogP contribution in [0.3, 0.4) is 0 Å². The molecule has 1 saturated heterocycles. The van der Waals surface area contributed by atoms with Crippen molar-refractivity contribution in [3.8, 4) is 5.75 Å².